The smallest absolute Gasteiger partial charge is 0.258 e. The summed E-state index contributed by atoms with van der Waals surface area (Å²) in [6, 6.07) is 6.25. The zero-order chi connectivity index (χ0) is 20.6. The van der Waals surface area contributed by atoms with Crippen LogP contribution in [0.2, 0.25) is 0 Å². The van der Waals surface area contributed by atoms with Crippen molar-refractivity contribution in [2.75, 3.05) is 18.1 Å². The second kappa shape index (κ2) is 10.8. The molecule has 0 atom stereocenters. The molecule has 8 heteroatoms. The molecule has 158 valence electrons. The highest BCUT2D eigenvalue weighted by Gasteiger charge is 2.16. The van der Waals surface area contributed by atoms with Crippen LogP contribution in [0.4, 0.5) is 0 Å². The van der Waals surface area contributed by atoms with Gasteiger partial charge in [-0.2, -0.15) is 4.99 Å². The van der Waals surface area contributed by atoms with Gasteiger partial charge in [0.1, 0.15) is 5.75 Å². The Balaban J connectivity index is 1.59. The average molecular weight is 436 g/mol. The molecule has 2 aromatic rings. The molecule has 3 rings (SSSR count). The van der Waals surface area contributed by atoms with Crippen molar-refractivity contribution in [3.05, 3.63) is 23.0 Å². The van der Waals surface area contributed by atoms with E-state index in [0.717, 1.165) is 35.4 Å². The van der Waals surface area contributed by atoms with E-state index in [-0.39, 0.29) is 17.6 Å². The zero-order valence-corrected chi connectivity index (χ0v) is 18.7. The Hall–Kier alpha value is -1.80. The average Bonchev–Trinajstić information content (AvgIpc) is 3.05. The predicted molar refractivity (Wildman–Crippen MR) is 120 cm³/mol. The maximum atomic E-state index is 12.3. The summed E-state index contributed by atoms with van der Waals surface area (Å²) >= 11 is 2.81. The number of benzene rings is 1. The van der Waals surface area contributed by atoms with E-state index < -0.39 is 0 Å². The van der Waals surface area contributed by atoms with Crippen LogP contribution in [-0.4, -0.2) is 40.5 Å². The number of aryl methyl sites for hydroxylation is 1. The monoisotopic (exact) mass is 435 g/mol. The van der Waals surface area contributed by atoms with Crippen LogP contribution >= 0.6 is 23.1 Å². The number of nitrogens with one attached hydrogen (secondary N) is 1. The van der Waals surface area contributed by atoms with E-state index in [0.29, 0.717) is 23.2 Å². The van der Waals surface area contributed by atoms with E-state index >= 15 is 0 Å². The van der Waals surface area contributed by atoms with Crippen LogP contribution in [0.3, 0.4) is 0 Å². The Bertz CT molecular complexity index is 914. The number of carbonyl (C=O) groups is 2. The van der Waals surface area contributed by atoms with Crippen molar-refractivity contribution < 1.29 is 14.3 Å². The van der Waals surface area contributed by atoms with Gasteiger partial charge >= 0.3 is 0 Å². The molecule has 2 amide bonds. The summed E-state index contributed by atoms with van der Waals surface area (Å²) in [5, 5.41) is 3.08. The van der Waals surface area contributed by atoms with Crippen molar-refractivity contribution in [2.45, 2.75) is 58.5 Å². The number of rotatable bonds is 8. The molecule has 0 unspecified atom stereocenters. The number of ether oxygens (including phenoxy) is 1. The second-order valence-electron chi connectivity index (χ2n) is 7.09. The SMILES string of the molecule is CCOc1ccc2c(c1)sc(=NC(=O)CSCC(=O)NC1CCCCC1)n2CC. The lowest BCUT2D eigenvalue weighted by Gasteiger charge is -2.22. The normalized spacial score (nSPS) is 15.6. The van der Waals surface area contributed by atoms with E-state index in [4.69, 9.17) is 4.74 Å². The summed E-state index contributed by atoms with van der Waals surface area (Å²) < 4.78 is 8.65. The molecule has 0 bridgehead atoms. The Morgan fingerprint density at radius 1 is 1.24 bits per heavy atom. The second-order valence-corrected chi connectivity index (χ2v) is 9.09. The van der Waals surface area contributed by atoms with Crippen molar-refractivity contribution in [1.29, 1.82) is 0 Å². The number of aromatic nitrogens is 1. The van der Waals surface area contributed by atoms with Crippen LogP contribution in [0.15, 0.2) is 23.2 Å². The van der Waals surface area contributed by atoms with Crippen molar-refractivity contribution in [1.82, 2.24) is 9.88 Å². The van der Waals surface area contributed by atoms with E-state index in [9.17, 15) is 9.59 Å². The van der Waals surface area contributed by atoms with E-state index in [1.165, 1.54) is 42.4 Å². The predicted octanol–water partition coefficient (Wildman–Crippen LogP) is 3.73. The molecule has 29 heavy (non-hydrogen) atoms. The minimum absolute atomic E-state index is 0.0173. The Kier molecular flexibility index (Phi) is 8.18. The first-order valence-corrected chi connectivity index (χ1v) is 12.3. The summed E-state index contributed by atoms with van der Waals surface area (Å²) in [5.74, 6) is 1.14. The van der Waals surface area contributed by atoms with Gasteiger partial charge in [0.25, 0.3) is 5.91 Å². The first-order valence-electron chi connectivity index (χ1n) is 10.3. The van der Waals surface area contributed by atoms with Gasteiger partial charge in [-0.15, -0.1) is 11.8 Å². The molecule has 0 spiro atoms. The molecular formula is C21H29N3O3S2. The van der Waals surface area contributed by atoms with Gasteiger partial charge in [-0.05, 0) is 44.9 Å². The standard InChI is InChI=1S/C21H29N3O3S2/c1-3-24-17-11-10-16(27-4-2)12-18(17)29-21(24)23-20(26)14-28-13-19(25)22-15-8-6-5-7-9-15/h10-12,15H,3-9,13-14H2,1-2H3,(H,22,25). The van der Waals surface area contributed by atoms with Gasteiger partial charge in [0.15, 0.2) is 4.80 Å². The number of nitrogens with zero attached hydrogens (tertiary/aromatic N) is 2. The molecule has 1 aliphatic carbocycles. The minimum atomic E-state index is -0.209. The van der Waals surface area contributed by atoms with Gasteiger partial charge in [-0.25, -0.2) is 0 Å². The first kappa shape index (κ1) is 21.9. The molecular weight excluding hydrogens is 406 g/mol. The number of amides is 2. The summed E-state index contributed by atoms with van der Waals surface area (Å²) in [5.41, 5.74) is 1.05. The molecule has 0 radical (unpaired) electrons. The first-order chi connectivity index (χ1) is 14.1. The lowest BCUT2D eigenvalue weighted by molar-refractivity contribution is -0.119. The molecule has 1 heterocycles. The lowest BCUT2D eigenvalue weighted by atomic mass is 9.95. The van der Waals surface area contributed by atoms with Crippen LogP contribution in [0.25, 0.3) is 10.2 Å². The maximum Gasteiger partial charge on any atom is 0.258 e. The minimum Gasteiger partial charge on any atom is -0.494 e. The number of thioether (sulfide) groups is 1. The molecule has 1 N–H and O–H groups in total. The molecule has 0 aliphatic heterocycles. The largest absolute Gasteiger partial charge is 0.494 e. The highest BCUT2D eigenvalue weighted by molar-refractivity contribution is 8.00. The topological polar surface area (TPSA) is 72.7 Å². The number of carbonyl (C=O) groups excluding carboxylic acids is 2. The molecule has 1 aromatic heterocycles. The molecule has 6 nitrogen and oxygen atoms in total. The van der Waals surface area contributed by atoms with Gasteiger partial charge in [0.2, 0.25) is 5.91 Å². The van der Waals surface area contributed by atoms with Crippen LogP contribution in [0.1, 0.15) is 46.0 Å². The number of thiazole rings is 1. The Morgan fingerprint density at radius 2 is 2.03 bits per heavy atom. The van der Waals surface area contributed by atoms with Crippen LogP contribution in [-0.2, 0) is 16.1 Å². The van der Waals surface area contributed by atoms with Crippen LogP contribution in [0.5, 0.6) is 5.75 Å². The third-order valence-corrected chi connectivity index (χ3v) is 6.89. The van der Waals surface area contributed by atoms with Crippen LogP contribution in [0, 0.1) is 0 Å². The van der Waals surface area contributed by atoms with E-state index in [1.54, 1.807) is 0 Å². The van der Waals surface area contributed by atoms with Gasteiger partial charge in [0.05, 0.1) is 28.3 Å². The van der Waals surface area contributed by atoms with E-state index in [2.05, 4.69) is 10.3 Å². The fraction of sp³-hybridized carbons (Fsp3) is 0.571. The third-order valence-electron chi connectivity index (χ3n) is 4.93. The van der Waals surface area contributed by atoms with E-state index in [1.807, 2.05) is 36.6 Å². The van der Waals surface area contributed by atoms with Gasteiger partial charge in [-0.1, -0.05) is 30.6 Å². The summed E-state index contributed by atoms with van der Waals surface area (Å²) in [4.78, 5) is 29.4. The lowest BCUT2D eigenvalue weighted by Crippen LogP contribution is -2.37. The van der Waals surface area contributed by atoms with Gasteiger partial charge in [-0.3, -0.25) is 9.59 Å². The summed E-state index contributed by atoms with van der Waals surface area (Å²) in [6.07, 6.45) is 5.78. The Morgan fingerprint density at radius 3 is 2.76 bits per heavy atom. The van der Waals surface area contributed by atoms with Crippen molar-refractivity contribution in [3.8, 4) is 5.75 Å². The fourth-order valence-electron chi connectivity index (χ4n) is 3.59. The number of hydrogen-bond acceptors (Lipinski definition) is 5. The van der Waals surface area contributed by atoms with Crippen molar-refractivity contribution in [2.24, 2.45) is 4.99 Å². The zero-order valence-electron chi connectivity index (χ0n) is 17.1. The summed E-state index contributed by atoms with van der Waals surface area (Å²) in [6.45, 7) is 5.34. The quantitative estimate of drug-likeness (QED) is 0.686. The molecule has 0 saturated heterocycles. The third kappa shape index (κ3) is 6.09. The highest BCUT2D eigenvalue weighted by atomic mass is 32.2. The van der Waals surface area contributed by atoms with Crippen molar-refractivity contribution >= 4 is 45.1 Å². The molecule has 1 saturated carbocycles. The number of hydrogen-bond donors (Lipinski definition) is 1. The van der Waals surface area contributed by atoms with Crippen molar-refractivity contribution in [3.63, 3.8) is 0 Å². The Labute approximate surface area is 179 Å². The van der Waals surface area contributed by atoms with Gasteiger partial charge < -0.3 is 14.6 Å². The maximum absolute atomic E-state index is 12.3. The molecule has 1 fully saturated rings. The molecule has 1 aliphatic rings. The van der Waals surface area contributed by atoms with Gasteiger partial charge in [0, 0.05) is 12.6 Å². The highest BCUT2D eigenvalue weighted by Crippen LogP contribution is 2.23. The molecule has 1 aromatic carbocycles. The van der Waals surface area contributed by atoms with Crippen LogP contribution < -0.4 is 14.9 Å². The fourth-order valence-corrected chi connectivity index (χ4v) is 5.34. The number of fused-ring (bicyclic) bond motifs is 1. The summed E-state index contributed by atoms with van der Waals surface area (Å²) in [7, 11) is 0.